The SMILES string of the molecule is CCC1(Cc2ccc(OC(F)(F)F)cc2)CNC1. The van der Waals surface area contributed by atoms with Crippen molar-refractivity contribution in [1.29, 1.82) is 0 Å². The second-order valence-electron chi connectivity index (χ2n) is 4.83. The number of hydrogen-bond donors (Lipinski definition) is 1. The second-order valence-corrected chi connectivity index (χ2v) is 4.83. The molecule has 0 bridgehead atoms. The molecular formula is C13H16F3NO. The van der Waals surface area contributed by atoms with E-state index < -0.39 is 6.36 Å². The lowest BCUT2D eigenvalue weighted by Gasteiger charge is -2.42. The molecule has 0 aliphatic carbocycles. The molecule has 100 valence electrons. The molecule has 1 heterocycles. The minimum absolute atomic E-state index is 0.163. The predicted molar refractivity (Wildman–Crippen MR) is 62.4 cm³/mol. The van der Waals surface area contributed by atoms with Crippen molar-refractivity contribution < 1.29 is 17.9 Å². The van der Waals surface area contributed by atoms with Gasteiger partial charge in [0.2, 0.25) is 0 Å². The van der Waals surface area contributed by atoms with Crippen molar-refractivity contribution in [2.45, 2.75) is 26.1 Å². The topological polar surface area (TPSA) is 21.3 Å². The summed E-state index contributed by atoms with van der Waals surface area (Å²) in [6, 6.07) is 6.16. The molecule has 0 aromatic heterocycles. The van der Waals surface area contributed by atoms with E-state index in [1.54, 1.807) is 12.1 Å². The Bertz CT molecular complexity index is 390. The van der Waals surface area contributed by atoms with E-state index in [-0.39, 0.29) is 11.2 Å². The number of alkyl halides is 3. The molecule has 1 aliphatic rings. The van der Waals surface area contributed by atoms with Gasteiger partial charge in [0, 0.05) is 13.1 Å². The standard InChI is InChI=1S/C13H16F3NO/c1-2-12(8-17-9-12)7-10-3-5-11(6-4-10)18-13(14,15)16/h3-6,17H,2,7-9H2,1H3. The molecule has 0 saturated carbocycles. The van der Waals surface area contributed by atoms with E-state index in [0.29, 0.717) is 0 Å². The summed E-state index contributed by atoms with van der Waals surface area (Å²) in [6.45, 7) is 4.09. The van der Waals surface area contributed by atoms with Gasteiger partial charge in [-0.25, -0.2) is 0 Å². The summed E-state index contributed by atoms with van der Waals surface area (Å²) < 4.78 is 39.8. The lowest BCUT2D eigenvalue weighted by Crippen LogP contribution is -2.54. The van der Waals surface area contributed by atoms with Gasteiger partial charge in [0.25, 0.3) is 0 Å². The number of halogens is 3. The third-order valence-electron chi connectivity index (χ3n) is 3.49. The fraction of sp³-hybridized carbons (Fsp3) is 0.538. The van der Waals surface area contributed by atoms with Crippen LogP contribution < -0.4 is 10.1 Å². The van der Waals surface area contributed by atoms with E-state index in [9.17, 15) is 13.2 Å². The van der Waals surface area contributed by atoms with E-state index in [1.807, 2.05) is 0 Å². The zero-order valence-corrected chi connectivity index (χ0v) is 10.2. The first-order valence-corrected chi connectivity index (χ1v) is 5.98. The maximum Gasteiger partial charge on any atom is 0.573 e. The normalized spacial score (nSPS) is 18.2. The van der Waals surface area contributed by atoms with Crippen LogP contribution in [0.1, 0.15) is 18.9 Å². The molecule has 1 aromatic carbocycles. The van der Waals surface area contributed by atoms with Crippen LogP contribution >= 0.6 is 0 Å². The number of rotatable bonds is 4. The molecule has 2 rings (SSSR count). The Labute approximate surface area is 104 Å². The first kappa shape index (κ1) is 13.2. The number of nitrogens with one attached hydrogen (secondary N) is 1. The third kappa shape index (κ3) is 3.16. The minimum Gasteiger partial charge on any atom is -0.406 e. The van der Waals surface area contributed by atoms with Gasteiger partial charge < -0.3 is 10.1 Å². The summed E-state index contributed by atoms with van der Waals surface area (Å²) in [5, 5.41) is 3.24. The highest BCUT2D eigenvalue weighted by Crippen LogP contribution is 2.32. The first-order chi connectivity index (χ1) is 8.42. The molecule has 0 atom stereocenters. The van der Waals surface area contributed by atoms with Crippen LogP contribution in [0.3, 0.4) is 0 Å². The van der Waals surface area contributed by atoms with Crippen LogP contribution in [-0.2, 0) is 6.42 Å². The molecule has 5 heteroatoms. The average molecular weight is 259 g/mol. The van der Waals surface area contributed by atoms with E-state index in [0.717, 1.165) is 31.5 Å². The van der Waals surface area contributed by atoms with Crippen molar-refractivity contribution >= 4 is 0 Å². The van der Waals surface area contributed by atoms with Crippen molar-refractivity contribution in [2.75, 3.05) is 13.1 Å². The zero-order valence-electron chi connectivity index (χ0n) is 10.2. The average Bonchev–Trinajstić information content (AvgIpc) is 2.24. The summed E-state index contributed by atoms with van der Waals surface area (Å²) >= 11 is 0. The fourth-order valence-electron chi connectivity index (χ4n) is 2.22. The fourth-order valence-corrected chi connectivity index (χ4v) is 2.22. The number of ether oxygens (including phenoxy) is 1. The van der Waals surface area contributed by atoms with Gasteiger partial charge in [0.1, 0.15) is 5.75 Å². The molecule has 0 amide bonds. The number of hydrogen-bond acceptors (Lipinski definition) is 2. The minimum atomic E-state index is -4.62. The summed E-state index contributed by atoms with van der Waals surface area (Å²) in [5.74, 6) is -0.163. The van der Waals surface area contributed by atoms with Gasteiger partial charge in [-0.05, 0) is 36.0 Å². The Kier molecular flexibility index (Phi) is 3.52. The highest BCUT2D eigenvalue weighted by atomic mass is 19.4. The molecule has 1 N–H and O–H groups in total. The molecule has 2 nitrogen and oxygen atoms in total. The summed E-state index contributed by atoms with van der Waals surface area (Å²) in [7, 11) is 0. The van der Waals surface area contributed by atoms with Crippen LogP contribution in [0.15, 0.2) is 24.3 Å². The van der Waals surface area contributed by atoms with Crippen LogP contribution in [0.5, 0.6) is 5.75 Å². The van der Waals surface area contributed by atoms with Crippen molar-refractivity contribution in [1.82, 2.24) is 5.32 Å². The number of benzene rings is 1. The Hall–Kier alpha value is -1.23. The van der Waals surface area contributed by atoms with Crippen molar-refractivity contribution in [3.63, 3.8) is 0 Å². The Morgan fingerprint density at radius 2 is 1.83 bits per heavy atom. The maximum atomic E-state index is 12.0. The molecule has 0 unspecified atom stereocenters. The Morgan fingerprint density at radius 3 is 2.22 bits per heavy atom. The molecule has 0 radical (unpaired) electrons. The van der Waals surface area contributed by atoms with Gasteiger partial charge in [0.15, 0.2) is 0 Å². The van der Waals surface area contributed by atoms with Crippen LogP contribution in [0.25, 0.3) is 0 Å². The zero-order chi connectivity index (χ0) is 13.2. The largest absolute Gasteiger partial charge is 0.573 e. The molecule has 0 spiro atoms. The van der Waals surface area contributed by atoms with Crippen LogP contribution in [0, 0.1) is 5.41 Å². The van der Waals surface area contributed by atoms with E-state index in [2.05, 4.69) is 17.0 Å². The van der Waals surface area contributed by atoms with Gasteiger partial charge in [-0.3, -0.25) is 0 Å². The highest BCUT2D eigenvalue weighted by molar-refractivity contribution is 5.28. The Balaban J connectivity index is 1.99. The van der Waals surface area contributed by atoms with Crippen LogP contribution in [0.4, 0.5) is 13.2 Å². The summed E-state index contributed by atoms with van der Waals surface area (Å²) in [5.41, 5.74) is 1.32. The highest BCUT2D eigenvalue weighted by Gasteiger charge is 2.35. The first-order valence-electron chi connectivity index (χ1n) is 5.98. The second kappa shape index (κ2) is 4.80. The molecule has 1 aromatic rings. The summed E-state index contributed by atoms with van der Waals surface area (Å²) in [4.78, 5) is 0. The smallest absolute Gasteiger partial charge is 0.406 e. The van der Waals surface area contributed by atoms with Gasteiger partial charge in [-0.2, -0.15) is 0 Å². The monoisotopic (exact) mass is 259 g/mol. The molecule has 18 heavy (non-hydrogen) atoms. The molecule has 1 saturated heterocycles. The Morgan fingerprint density at radius 1 is 1.22 bits per heavy atom. The van der Waals surface area contributed by atoms with E-state index in [4.69, 9.17) is 0 Å². The van der Waals surface area contributed by atoms with Crippen molar-refractivity contribution in [2.24, 2.45) is 5.41 Å². The quantitative estimate of drug-likeness (QED) is 0.897. The van der Waals surface area contributed by atoms with E-state index in [1.165, 1.54) is 12.1 Å². The van der Waals surface area contributed by atoms with Crippen LogP contribution in [-0.4, -0.2) is 19.5 Å². The lowest BCUT2D eigenvalue weighted by molar-refractivity contribution is -0.274. The maximum absolute atomic E-state index is 12.0. The van der Waals surface area contributed by atoms with Crippen molar-refractivity contribution in [3.05, 3.63) is 29.8 Å². The molecule has 1 fully saturated rings. The predicted octanol–water partition coefficient (Wildman–Crippen LogP) is 3.13. The third-order valence-corrected chi connectivity index (χ3v) is 3.49. The van der Waals surface area contributed by atoms with Gasteiger partial charge >= 0.3 is 6.36 Å². The van der Waals surface area contributed by atoms with Crippen LogP contribution in [0.2, 0.25) is 0 Å². The van der Waals surface area contributed by atoms with Gasteiger partial charge in [0.05, 0.1) is 0 Å². The van der Waals surface area contributed by atoms with Crippen molar-refractivity contribution in [3.8, 4) is 5.75 Å². The molecular weight excluding hydrogens is 243 g/mol. The summed E-state index contributed by atoms with van der Waals surface area (Å²) in [6.07, 6.45) is -2.66. The lowest BCUT2D eigenvalue weighted by atomic mass is 9.74. The molecule has 1 aliphatic heterocycles. The van der Waals surface area contributed by atoms with E-state index >= 15 is 0 Å². The van der Waals surface area contributed by atoms with Gasteiger partial charge in [-0.15, -0.1) is 13.2 Å². The van der Waals surface area contributed by atoms with Gasteiger partial charge in [-0.1, -0.05) is 19.1 Å².